The van der Waals surface area contributed by atoms with Gasteiger partial charge in [0.1, 0.15) is 5.76 Å². The van der Waals surface area contributed by atoms with Crippen molar-refractivity contribution in [1.82, 2.24) is 10.5 Å². The summed E-state index contributed by atoms with van der Waals surface area (Å²) in [5.74, 6) is 0.934. The van der Waals surface area contributed by atoms with Crippen molar-refractivity contribution in [3.8, 4) is 0 Å². The maximum absolute atomic E-state index is 12.0. The molecule has 0 bridgehead atoms. The molecule has 2 aromatic rings. The van der Waals surface area contributed by atoms with Crippen LogP contribution in [0.2, 0.25) is 0 Å². The second-order valence-electron chi connectivity index (χ2n) is 5.46. The summed E-state index contributed by atoms with van der Waals surface area (Å²) < 4.78 is 5.93. The van der Waals surface area contributed by atoms with E-state index >= 15 is 0 Å². The number of amides is 2. The van der Waals surface area contributed by atoms with E-state index < -0.39 is 0 Å². The van der Waals surface area contributed by atoms with Crippen molar-refractivity contribution in [2.45, 2.75) is 25.5 Å². The molecular weight excluding hydrogens is 406 g/mol. The third-order valence-corrected chi connectivity index (χ3v) is 5.30. The number of rotatable bonds is 8. The number of halogens is 1. The summed E-state index contributed by atoms with van der Waals surface area (Å²) >= 11 is 4.76. The van der Waals surface area contributed by atoms with E-state index in [1.807, 2.05) is 24.3 Å². The minimum absolute atomic E-state index is 0.0889. The van der Waals surface area contributed by atoms with Gasteiger partial charge in [0.15, 0.2) is 5.82 Å². The maximum atomic E-state index is 12.0. The summed E-state index contributed by atoms with van der Waals surface area (Å²) in [4.78, 5) is 23.9. The van der Waals surface area contributed by atoms with Gasteiger partial charge in [-0.15, -0.1) is 11.8 Å². The van der Waals surface area contributed by atoms with Crippen LogP contribution < -0.4 is 10.6 Å². The molecule has 0 spiro atoms. The van der Waals surface area contributed by atoms with Gasteiger partial charge in [-0.05, 0) is 31.9 Å². The fourth-order valence-corrected chi connectivity index (χ4v) is 3.22. The third kappa shape index (κ3) is 6.55. The molecule has 1 unspecified atom stereocenters. The van der Waals surface area contributed by atoms with Gasteiger partial charge >= 0.3 is 0 Å². The van der Waals surface area contributed by atoms with Gasteiger partial charge in [0, 0.05) is 17.1 Å². The lowest BCUT2D eigenvalue weighted by Gasteiger charge is -2.11. The van der Waals surface area contributed by atoms with Crippen LogP contribution in [-0.2, 0) is 16.0 Å². The fraction of sp³-hybridized carbons (Fsp3) is 0.353. The van der Waals surface area contributed by atoms with Crippen molar-refractivity contribution in [2.75, 3.05) is 17.6 Å². The molecule has 2 rings (SSSR count). The van der Waals surface area contributed by atoms with Crippen molar-refractivity contribution in [3.63, 3.8) is 0 Å². The summed E-state index contributed by atoms with van der Waals surface area (Å²) in [5, 5.41) is 8.86. The van der Waals surface area contributed by atoms with Crippen LogP contribution in [0.3, 0.4) is 0 Å². The van der Waals surface area contributed by atoms with Crippen molar-refractivity contribution in [2.24, 2.45) is 0 Å². The second-order valence-corrected chi connectivity index (χ2v) is 7.64. The number of anilines is 1. The minimum Gasteiger partial charge on any atom is -0.360 e. The summed E-state index contributed by atoms with van der Waals surface area (Å²) in [7, 11) is 0. The number of nitrogens with one attached hydrogen (secondary N) is 2. The highest BCUT2D eigenvalue weighted by atomic mass is 79.9. The lowest BCUT2D eigenvalue weighted by atomic mass is 10.1. The molecule has 25 heavy (non-hydrogen) atoms. The molecule has 1 heterocycles. The van der Waals surface area contributed by atoms with Crippen molar-refractivity contribution >= 4 is 45.3 Å². The molecular formula is C17H20BrN3O3S. The highest BCUT2D eigenvalue weighted by molar-refractivity contribution is 9.10. The standard InChI is InChI=1S/C17H20BrN3O3S/c1-11-9-15(21-24-11)20-17(23)12(2)25-10-16(22)19-8-7-13-5-3-4-6-14(13)18/h3-6,9,12H,7-8,10H2,1-2H3,(H,19,22)(H,20,21,23). The first-order valence-electron chi connectivity index (χ1n) is 7.81. The Bertz CT molecular complexity index is 735. The Kier molecular flexibility index (Phi) is 7.52. The number of aryl methyl sites for hydroxylation is 1. The van der Waals surface area contributed by atoms with Gasteiger partial charge in [-0.2, -0.15) is 0 Å². The van der Waals surface area contributed by atoms with E-state index in [2.05, 4.69) is 31.7 Å². The predicted octanol–water partition coefficient (Wildman–Crippen LogP) is 3.16. The van der Waals surface area contributed by atoms with Crippen LogP contribution in [0.15, 0.2) is 39.3 Å². The highest BCUT2D eigenvalue weighted by Gasteiger charge is 2.16. The number of thioether (sulfide) groups is 1. The summed E-state index contributed by atoms with van der Waals surface area (Å²) in [6.45, 7) is 4.06. The molecule has 0 aliphatic rings. The first kappa shape index (κ1) is 19.5. The van der Waals surface area contributed by atoms with E-state index in [1.54, 1.807) is 19.9 Å². The van der Waals surface area contributed by atoms with Crippen LogP contribution in [0.4, 0.5) is 5.82 Å². The molecule has 0 aliphatic heterocycles. The van der Waals surface area contributed by atoms with Crippen LogP contribution >= 0.6 is 27.7 Å². The predicted molar refractivity (Wildman–Crippen MR) is 103 cm³/mol. The van der Waals surface area contributed by atoms with Gasteiger partial charge in [-0.25, -0.2) is 0 Å². The number of hydrogen-bond donors (Lipinski definition) is 2. The van der Waals surface area contributed by atoms with Crippen molar-refractivity contribution < 1.29 is 14.1 Å². The molecule has 0 saturated heterocycles. The van der Waals surface area contributed by atoms with Crippen LogP contribution in [0.5, 0.6) is 0 Å². The number of aromatic nitrogens is 1. The van der Waals surface area contributed by atoms with Crippen LogP contribution in [0, 0.1) is 6.92 Å². The summed E-state index contributed by atoms with van der Waals surface area (Å²) in [6, 6.07) is 9.56. The Morgan fingerprint density at radius 1 is 1.36 bits per heavy atom. The van der Waals surface area contributed by atoms with Gasteiger partial charge in [0.05, 0.1) is 11.0 Å². The Labute approximate surface area is 159 Å². The molecule has 1 aromatic carbocycles. The quantitative estimate of drug-likeness (QED) is 0.678. The Morgan fingerprint density at radius 3 is 2.80 bits per heavy atom. The zero-order valence-corrected chi connectivity index (χ0v) is 16.4. The molecule has 134 valence electrons. The number of carbonyl (C=O) groups excluding carboxylic acids is 2. The lowest BCUT2D eigenvalue weighted by Crippen LogP contribution is -2.30. The van der Waals surface area contributed by atoms with Gasteiger partial charge in [-0.3, -0.25) is 9.59 Å². The molecule has 8 heteroatoms. The van der Waals surface area contributed by atoms with Gasteiger partial charge in [-0.1, -0.05) is 39.3 Å². The van der Waals surface area contributed by atoms with Crippen molar-refractivity contribution in [3.05, 3.63) is 46.1 Å². The Morgan fingerprint density at radius 2 is 2.12 bits per heavy atom. The monoisotopic (exact) mass is 425 g/mol. The van der Waals surface area contributed by atoms with Crippen LogP contribution in [-0.4, -0.2) is 34.5 Å². The van der Waals surface area contributed by atoms with Gasteiger partial charge < -0.3 is 15.2 Å². The first-order chi connectivity index (χ1) is 12.0. The minimum atomic E-state index is -0.369. The SMILES string of the molecule is Cc1cc(NC(=O)C(C)SCC(=O)NCCc2ccccc2Br)no1. The van der Waals surface area contributed by atoms with E-state index in [4.69, 9.17) is 4.52 Å². The molecule has 0 aliphatic carbocycles. The van der Waals surface area contributed by atoms with Crippen molar-refractivity contribution in [1.29, 1.82) is 0 Å². The fourth-order valence-electron chi connectivity index (χ4n) is 2.02. The summed E-state index contributed by atoms with van der Waals surface area (Å²) in [5.41, 5.74) is 1.14. The summed E-state index contributed by atoms with van der Waals surface area (Å²) in [6.07, 6.45) is 0.749. The molecule has 1 aromatic heterocycles. The molecule has 6 nitrogen and oxygen atoms in total. The lowest BCUT2D eigenvalue weighted by molar-refractivity contribution is -0.118. The smallest absolute Gasteiger partial charge is 0.238 e. The third-order valence-electron chi connectivity index (χ3n) is 3.39. The average Bonchev–Trinajstić information content (AvgIpc) is 2.99. The molecule has 2 amide bonds. The number of benzene rings is 1. The molecule has 1 atom stereocenters. The molecule has 2 N–H and O–H groups in total. The van der Waals surface area contributed by atoms with E-state index in [1.165, 1.54) is 11.8 Å². The van der Waals surface area contributed by atoms with Crippen LogP contribution in [0.1, 0.15) is 18.2 Å². The number of nitrogens with zero attached hydrogens (tertiary/aromatic N) is 1. The average molecular weight is 426 g/mol. The topological polar surface area (TPSA) is 84.2 Å². The van der Waals surface area contributed by atoms with Gasteiger partial charge in [0.2, 0.25) is 11.8 Å². The highest BCUT2D eigenvalue weighted by Crippen LogP contribution is 2.16. The normalized spacial score (nSPS) is 11.8. The van der Waals surface area contributed by atoms with E-state index in [0.717, 1.165) is 16.5 Å². The Hall–Kier alpha value is -1.80. The molecule has 0 saturated carbocycles. The van der Waals surface area contributed by atoms with Gasteiger partial charge in [0.25, 0.3) is 0 Å². The second kappa shape index (κ2) is 9.62. The molecule has 0 fully saturated rings. The first-order valence-corrected chi connectivity index (χ1v) is 9.66. The maximum Gasteiger partial charge on any atom is 0.238 e. The zero-order valence-electron chi connectivity index (χ0n) is 14.0. The number of hydrogen-bond acceptors (Lipinski definition) is 5. The van der Waals surface area contributed by atoms with Crippen LogP contribution in [0.25, 0.3) is 0 Å². The Balaban J connectivity index is 1.66. The van der Waals surface area contributed by atoms with E-state index in [0.29, 0.717) is 18.1 Å². The van der Waals surface area contributed by atoms with E-state index in [9.17, 15) is 9.59 Å². The van der Waals surface area contributed by atoms with E-state index in [-0.39, 0.29) is 22.8 Å². The molecule has 0 radical (unpaired) electrons. The largest absolute Gasteiger partial charge is 0.360 e. The number of carbonyl (C=O) groups is 2. The zero-order chi connectivity index (χ0) is 18.2.